The number of amides is 3. The van der Waals surface area contributed by atoms with E-state index in [1.165, 1.54) is 4.90 Å². The van der Waals surface area contributed by atoms with Crippen LogP contribution in [0.3, 0.4) is 0 Å². The van der Waals surface area contributed by atoms with E-state index in [9.17, 15) is 19.2 Å². The van der Waals surface area contributed by atoms with E-state index in [-0.39, 0.29) is 36.0 Å². The van der Waals surface area contributed by atoms with E-state index in [1.807, 2.05) is 64.1 Å². The molecular formula is C29H37N3O5. The molecule has 1 aliphatic heterocycles. The molecule has 0 saturated carbocycles. The first-order valence-electron chi connectivity index (χ1n) is 12.9. The van der Waals surface area contributed by atoms with Crippen molar-refractivity contribution in [2.24, 2.45) is 11.8 Å². The zero-order chi connectivity index (χ0) is 26.9. The Morgan fingerprint density at radius 1 is 0.865 bits per heavy atom. The molecule has 3 amide bonds. The van der Waals surface area contributed by atoms with Crippen molar-refractivity contribution < 1.29 is 23.9 Å². The van der Waals surface area contributed by atoms with Gasteiger partial charge in [0.1, 0.15) is 18.7 Å². The molecule has 3 unspecified atom stereocenters. The Morgan fingerprint density at radius 3 is 2.05 bits per heavy atom. The highest BCUT2D eigenvalue weighted by Gasteiger charge is 2.40. The van der Waals surface area contributed by atoms with Gasteiger partial charge >= 0.3 is 6.09 Å². The van der Waals surface area contributed by atoms with Gasteiger partial charge in [0.25, 0.3) is 0 Å². The Labute approximate surface area is 218 Å². The molecule has 3 rings (SSSR count). The van der Waals surface area contributed by atoms with Crippen molar-refractivity contribution in [2.75, 3.05) is 6.54 Å². The van der Waals surface area contributed by atoms with Gasteiger partial charge in [0.2, 0.25) is 11.8 Å². The van der Waals surface area contributed by atoms with Crippen LogP contribution in [0.15, 0.2) is 60.7 Å². The number of carbonyl (C=O) groups is 4. The molecule has 3 atom stereocenters. The molecule has 198 valence electrons. The Morgan fingerprint density at radius 2 is 1.46 bits per heavy atom. The van der Waals surface area contributed by atoms with Crippen molar-refractivity contribution in [1.82, 2.24) is 15.5 Å². The number of hydrogen-bond acceptors (Lipinski definition) is 5. The Bertz CT molecular complexity index is 1070. The fourth-order valence-corrected chi connectivity index (χ4v) is 4.45. The first kappa shape index (κ1) is 27.9. The molecular weight excluding hydrogens is 470 g/mol. The second-order valence-corrected chi connectivity index (χ2v) is 10.1. The van der Waals surface area contributed by atoms with E-state index < -0.39 is 24.2 Å². The average Bonchev–Trinajstić information content (AvgIpc) is 3.39. The van der Waals surface area contributed by atoms with Crippen molar-refractivity contribution in [3.63, 3.8) is 0 Å². The third-order valence-corrected chi connectivity index (χ3v) is 6.56. The lowest BCUT2D eigenvalue weighted by atomic mass is 9.94. The molecule has 37 heavy (non-hydrogen) atoms. The van der Waals surface area contributed by atoms with Crippen LogP contribution in [0, 0.1) is 11.8 Å². The maximum atomic E-state index is 13.5. The highest BCUT2D eigenvalue weighted by molar-refractivity contribution is 6.03. The van der Waals surface area contributed by atoms with Crippen molar-refractivity contribution in [2.45, 2.75) is 65.3 Å². The van der Waals surface area contributed by atoms with Gasteiger partial charge in [-0.2, -0.15) is 0 Å². The van der Waals surface area contributed by atoms with Crippen molar-refractivity contribution in [1.29, 1.82) is 0 Å². The van der Waals surface area contributed by atoms with Gasteiger partial charge in [0.05, 0.1) is 6.04 Å². The molecule has 1 aliphatic rings. The number of alkyl carbamates (subject to hydrolysis) is 1. The number of carbonyl (C=O) groups excluding carboxylic acids is 4. The summed E-state index contributed by atoms with van der Waals surface area (Å²) in [7, 11) is 0. The summed E-state index contributed by atoms with van der Waals surface area (Å²) in [5, 5.41) is 5.58. The SMILES string of the molecule is CC(C)C(NC(=O)C1CCCN1C(=O)C(NC(=O)OCc1ccccc1)C(C)C)C(=O)c1ccccc1. The molecule has 1 saturated heterocycles. The summed E-state index contributed by atoms with van der Waals surface area (Å²) in [5.74, 6) is -1.21. The van der Waals surface area contributed by atoms with Crippen LogP contribution in [-0.4, -0.2) is 53.3 Å². The summed E-state index contributed by atoms with van der Waals surface area (Å²) in [6.07, 6.45) is 0.460. The summed E-state index contributed by atoms with van der Waals surface area (Å²) >= 11 is 0. The smallest absolute Gasteiger partial charge is 0.408 e. The lowest BCUT2D eigenvalue weighted by Crippen LogP contribution is -2.57. The number of nitrogens with one attached hydrogen (secondary N) is 2. The van der Waals surface area contributed by atoms with Gasteiger partial charge in [0, 0.05) is 12.1 Å². The van der Waals surface area contributed by atoms with Crippen molar-refractivity contribution >= 4 is 23.7 Å². The summed E-state index contributed by atoms with van der Waals surface area (Å²) in [4.78, 5) is 53.9. The van der Waals surface area contributed by atoms with E-state index in [4.69, 9.17) is 4.74 Å². The van der Waals surface area contributed by atoms with Crippen molar-refractivity contribution in [3.05, 3.63) is 71.8 Å². The van der Waals surface area contributed by atoms with Crippen LogP contribution in [0.1, 0.15) is 56.5 Å². The molecule has 0 aliphatic carbocycles. The van der Waals surface area contributed by atoms with E-state index in [1.54, 1.807) is 24.3 Å². The standard InChI is InChI=1S/C29H37N3O5/c1-19(2)24(26(33)22-14-9-6-10-15-22)30-27(34)23-16-11-17-32(23)28(35)25(20(3)4)31-29(36)37-18-21-12-7-5-8-13-21/h5-10,12-15,19-20,23-25H,11,16-18H2,1-4H3,(H,30,34)(H,31,36). The quantitative estimate of drug-likeness (QED) is 0.474. The van der Waals surface area contributed by atoms with Crippen LogP contribution in [0.2, 0.25) is 0 Å². The minimum atomic E-state index is -0.844. The fourth-order valence-electron chi connectivity index (χ4n) is 4.45. The van der Waals surface area contributed by atoms with Crippen molar-refractivity contribution in [3.8, 4) is 0 Å². The number of hydrogen-bond donors (Lipinski definition) is 2. The molecule has 2 aromatic rings. The predicted molar refractivity (Wildman–Crippen MR) is 141 cm³/mol. The molecule has 8 nitrogen and oxygen atoms in total. The van der Waals surface area contributed by atoms with Crippen LogP contribution < -0.4 is 10.6 Å². The van der Waals surface area contributed by atoms with Gasteiger partial charge in [-0.05, 0) is 30.2 Å². The summed E-state index contributed by atoms with van der Waals surface area (Å²) in [6, 6.07) is 15.9. The normalized spacial score (nSPS) is 16.8. The lowest BCUT2D eigenvalue weighted by molar-refractivity contribution is -0.141. The zero-order valence-electron chi connectivity index (χ0n) is 22.0. The molecule has 8 heteroatoms. The van der Waals surface area contributed by atoms with E-state index in [0.717, 1.165) is 5.56 Å². The number of ketones is 1. The predicted octanol–water partition coefficient (Wildman–Crippen LogP) is 3.95. The molecule has 1 heterocycles. The second-order valence-electron chi connectivity index (χ2n) is 10.1. The van der Waals surface area contributed by atoms with Crippen LogP contribution >= 0.6 is 0 Å². The van der Waals surface area contributed by atoms with Gasteiger partial charge in [-0.3, -0.25) is 14.4 Å². The van der Waals surface area contributed by atoms with Crippen LogP contribution in [0.25, 0.3) is 0 Å². The molecule has 0 radical (unpaired) electrons. The van der Waals surface area contributed by atoms with Gasteiger partial charge in [-0.1, -0.05) is 88.4 Å². The van der Waals surface area contributed by atoms with Crippen LogP contribution in [0.5, 0.6) is 0 Å². The Balaban J connectivity index is 1.66. The summed E-state index contributed by atoms with van der Waals surface area (Å²) in [6.45, 7) is 7.91. The third-order valence-electron chi connectivity index (χ3n) is 6.56. The number of likely N-dealkylation sites (tertiary alicyclic amines) is 1. The molecule has 0 spiro atoms. The summed E-state index contributed by atoms with van der Waals surface area (Å²) < 4.78 is 5.31. The monoisotopic (exact) mass is 507 g/mol. The first-order valence-corrected chi connectivity index (χ1v) is 12.9. The fraction of sp³-hybridized carbons (Fsp3) is 0.448. The Hall–Kier alpha value is -3.68. The van der Waals surface area contributed by atoms with Gasteiger partial charge in [-0.25, -0.2) is 4.79 Å². The minimum Gasteiger partial charge on any atom is -0.445 e. The number of nitrogens with zero attached hydrogens (tertiary/aromatic N) is 1. The molecule has 0 aromatic heterocycles. The van der Waals surface area contributed by atoms with E-state index in [0.29, 0.717) is 24.9 Å². The number of Topliss-reactive ketones (excluding diaryl/α,β-unsaturated/α-hetero) is 1. The highest BCUT2D eigenvalue weighted by Crippen LogP contribution is 2.22. The maximum absolute atomic E-state index is 13.5. The summed E-state index contributed by atoms with van der Waals surface area (Å²) in [5.41, 5.74) is 1.37. The number of benzene rings is 2. The molecule has 0 bridgehead atoms. The maximum Gasteiger partial charge on any atom is 0.408 e. The first-order chi connectivity index (χ1) is 17.7. The Kier molecular flexibility index (Phi) is 9.83. The highest BCUT2D eigenvalue weighted by atomic mass is 16.5. The van der Waals surface area contributed by atoms with Gasteiger partial charge < -0.3 is 20.3 Å². The van der Waals surface area contributed by atoms with Crippen LogP contribution in [0.4, 0.5) is 4.79 Å². The van der Waals surface area contributed by atoms with E-state index in [2.05, 4.69) is 10.6 Å². The molecule has 2 aromatic carbocycles. The van der Waals surface area contributed by atoms with Gasteiger partial charge in [-0.15, -0.1) is 0 Å². The lowest BCUT2D eigenvalue weighted by Gasteiger charge is -2.31. The minimum absolute atomic E-state index is 0.0897. The largest absolute Gasteiger partial charge is 0.445 e. The number of rotatable bonds is 10. The third kappa shape index (κ3) is 7.41. The average molecular weight is 508 g/mol. The van der Waals surface area contributed by atoms with Crippen LogP contribution in [-0.2, 0) is 20.9 Å². The number of ether oxygens (including phenoxy) is 1. The zero-order valence-corrected chi connectivity index (χ0v) is 22.0. The topological polar surface area (TPSA) is 105 Å². The second kappa shape index (κ2) is 13.0. The van der Waals surface area contributed by atoms with Gasteiger partial charge in [0.15, 0.2) is 5.78 Å². The van der Waals surface area contributed by atoms with E-state index >= 15 is 0 Å². The molecule has 1 fully saturated rings. The molecule has 2 N–H and O–H groups in total.